The third-order valence-electron chi connectivity index (χ3n) is 1.60. The maximum Gasteiger partial charge on any atom is 0.183 e. The van der Waals surface area contributed by atoms with E-state index in [4.69, 9.17) is 0 Å². The van der Waals surface area contributed by atoms with Crippen LogP contribution in [0, 0.1) is 5.92 Å². The first-order valence-electron chi connectivity index (χ1n) is 3.65. The summed E-state index contributed by atoms with van der Waals surface area (Å²) in [7, 11) is 1.77. The highest BCUT2D eigenvalue weighted by atomic mass is 16.1. The molecular formula is C9H16N2O. The minimum atomic E-state index is 0. The summed E-state index contributed by atoms with van der Waals surface area (Å²) in [6.07, 6.45) is 1.63. The molecule has 1 aromatic heterocycles. The van der Waals surface area contributed by atoms with Gasteiger partial charge in [-0.1, -0.05) is 21.3 Å². The summed E-state index contributed by atoms with van der Waals surface area (Å²) in [5, 5.41) is 3.92. The maximum absolute atomic E-state index is 11.4. The normalized spacial score (nSPS) is 9.67. The molecule has 0 unspecified atom stereocenters. The van der Waals surface area contributed by atoms with Gasteiger partial charge >= 0.3 is 0 Å². The van der Waals surface area contributed by atoms with E-state index in [-0.39, 0.29) is 19.1 Å². The van der Waals surface area contributed by atoms with Crippen molar-refractivity contribution in [3.05, 3.63) is 18.0 Å². The van der Waals surface area contributed by atoms with E-state index in [0.29, 0.717) is 5.69 Å². The summed E-state index contributed by atoms with van der Waals surface area (Å²) in [4.78, 5) is 11.4. The Morgan fingerprint density at radius 2 is 2.17 bits per heavy atom. The average molecular weight is 168 g/mol. The Morgan fingerprint density at radius 1 is 1.58 bits per heavy atom. The van der Waals surface area contributed by atoms with Crippen molar-refractivity contribution in [2.24, 2.45) is 13.0 Å². The summed E-state index contributed by atoms with van der Waals surface area (Å²) in [6.45, 7) is 3.77. The zero-order valence-electron chi connectivity index (χ0n) is 7.03. The van der Waals surface area contributed by atoms with E-state index in [2.05, 4.69) is 5.10 Å². The summed E-state index contributed by atoms with van der Waals surface area (Å²) in [5.74, 6) is 0.190. The van der Waals surface area contributed by atoms with Gasteiger partial charge in [0.05, 0.1) is 0 Å². The van der Waals surface area contributed by atoms with Crippen LogP contribution in [0.5, 0.6) is 0 Å². The van der Waals surface area contributed by atoms with Crippen LogP contribution in [0.25, 0.3) is 0 Å². The number of carbonyl (C=O) groups is 1. The van der Waals surface area contributed by atoms with Crippen LogP contribution in [0.3, 0.4) is 0 Å². The van der Waals surface area contributed by atoms with Gasteiger partial charge in [-0.3, -0.25) is 9.48 Å². The van der Waals surface area contributed by atoms with Gasteiger partial charge in [-0.15, -0.1) is 0 Å². The van der Waals surface area contributed by atoms with Crippen LogP contribution in [-0.2, 0) is 7.05 Å². The molecule has 0 spiro atoms. The number of rotatable bonds is 2. The molecule has 0 bridgehead atoms. The van der Waals surface area contributed by atoms with Gasteiger partial charge in [0.15, 0.2) is 5.78 Å². The molecule has 0 saturated heterocycles. The lowest BCUT2D eigenvalue weighted by molar-refractivity contribution is 0.0930. The molecule has 0 saturated carbocycles. The molecule has 1 rings (SSSR count). The van der Waals surface area contributed by atoms with Crippen molar-refractivity contribution in [2.45, 2.75) is 21.3 Å². The molecule has 3 nitrogen and oxygen atoms in total. The fourth-order valence-electron chi connectivity index (χ4n) is 0.911. The van der Waals surface area contributed by atoms with Gasteiger partial charge in [0.2, 0.25) is 0 Å². The predicted octanol–water partition coefficient (Wildman–Crippen LogP) is 1.89. The molecule has 1 aromatic rings. The molecule has 0 fully saturated rings. The number of aromatic nitrogens is 2. The number of hydrogen-bond acceptors (Lipinski definition) is 2. The Hall–Kier alpha value is -1.12. The third-order valence-corrected chi connectivity index (χ3v) is 1.60. The molecule has 0 aliphatic carbocycles. The van der Waals surface area contributed by atoms with Gasteiger partial charge in [-0.25, -0.2) is 0 Å². The first-order valence-corrected chi connectivity index (χ1v) is 3.65. The summed E-state index contributed by atoms with van der Waals surface area (Å²) in [6, 6.07) is 1.74. The van der Waals surface area contributed by atoms with Gasteiger partial charge in [0.25, 0.3) is 0 Å². The zero-order chi connectivity index (χ0) is 8.43. The molecule has 1 heterocycles. The molecule has 68 valence electrons. The van der Waals surface area contributed by atoms with E-state index in [1.165, 1.54) is 0 Å². The van der Waals surface area contributed by atoms with Crippen LogP contribution in [0.15, 0.2) is 12.3 Å². The summed E-state index contributed by atoms with van der Waals surface area (Å²) < 4.78 is 1.60. The van der Waals surface area contributed by atoms with Crippen LogP contribution < -0.4 is 0 Å². The van der Waals surface area contributed by atoms with E-state index in [9.17, 15) is 4.79 Å². The molecule has 0 aromatic carbocycles. The van der Waals surface area contributed by atoms with Crippen LogP contribution >= 0.6 is 0 Å². The Labute approximate surface area is 73.4 Å². The van der Waals surface area contributed by atoms with E-state index < -0.39 is 0 Å². The van der Waals surface area contributed by atoms with Crippen LogP contribution in [0.2, 0.25) is 0 Å². The fourth-order valence-corrected chi connectivity index (χ4v) is 0.911. The first-order chi connectivity index (χ1) is 5.13. The summed E-state index contributed by atoms with van der Waals surface area (Å²) in [5.41, 5.74) is 0.681. The third kappa shape index (κ3) is 1.94. The van der Waals surface area contributed by atoms with E-state index in [1.54, 1.807) is 24.0 Å². The van der Waals surface area contributed by atoms with E-state index in [1.807, 2.05) is 13.8 Å². The minimum Gasteiger partial charge on any atom is -0.292 e. The van der Waals surface area contributed by atoms with Crippen molar-refractivity contribution in [2.75, 3.05) is 0 Å². The largest absolute Gasteiger partial charge is 0.292 e. The Morgan fingerprint density at radius 3 is 2.50 bits per heavy atom. The Balaban J connectivity index is 0.00000121. The van der Waals surface area contributed by atoms with Crippen molar-refractivity contribution in [1.82, 2.24) is 9.78 Å². The van der Waals surface area contributed by atoms with Crippen LogP contribution in [-0.4, -0.2) is 15.6 Å². The number of carbonyl (C=O) groups excluding carboxylic acids is 1. The second-order valence-corrected chi connectivity index (χ2v) is 2.86. The van der Waals surface area contributed by atoms with Crippen molar-refractivity contribution in [1.29, 1.82) is 0 Å². The molecule has 0 atom stereocenters. The lowest BCUT2D eigenvalue weighted by Gasteiger charge is -2.02. The molecule has 0 amide bonds. The topological polar surface area (TPSA) is 34.9 Å². The monoisotopic (exact) mass is 168 g/mol. The average Bonchev–Trinajstić information content (AvgIpc) is 2.33. The Bertz CT molecular complexity index is 263. The van der Waals surface area contributed by atoms with Crippen molar-refractivity contribution < 1.29 is 4.79 Å². The van der Waals surface area contributed by atoms with Crippen LogP contribution in [0.4, 0.5) is 0 Å². The van der Waals surface area contributed by atoms with Gasteiger partial charge < -0.3 is 0 Å². The maximum atomic E-state index is 11.4. The predicted molar refractivity (Wildman–Crippen MR) is 49.1 cm³/mol. The van der Waals surface area contributed by atoms with Crippen LogP contribution in [0.1, 0.15) is 31.8 Å². The van der Waals surface area contributed by atoms with Crippen molar-refractivity contribution in [3.63, 3.8) is 0 Å². The van der Waals surface area contributed by atoms with Crippen molar-refractivity contribution in [3.8, 4) is 0 Å². The zero-order valence-corrected chi connectivity index (χ0v) is 7.03. The van der Waals surface area contributed by atoms with Gasteiger partial charge in [0.1, 0.15) is 5.69 Å². The smallest absolute Gasteiger partial charge is 0.183 e. The SMILES string of the molecule is C.CC(C)C(=O)c1ccnn1C. The van der Waals surface area contributed by atoms with Gasteiger partial charge in [0, 0.05) is 19.2 Å². The second kappa shape index (κ2) is 4.04. The highest BCUT2D eigenvalue weighted by Gasteiger charge is 2.12. The van der Waals surface area contributed by atoms with Gasteiger partial charge in [-0.2, -0.15) is 5.10 Å². The number of aryl methyl sites for hydroxylation is 1. The number of hydrogen-bond donors (Lipinski definition) is 0. The van der Waals surface area contributed by atoms with Crippen molar-refractivity contribution >= 4 is 5.78 Å². The Kier molecular flexibility index (Phi) is 3.67. The minimum absolute atomic E-state index is 0. The number of Topliss-reactive ketones (excluding diaryl/α,β-unsaturated/α-hetero) is 1. The lowest BCUT2D eigenvalue weighted by atomic mass is 10.1. The number of ketones is 1. The highest BCUT2D eigenvalue weighted by molar-refractivity contribution is 5.95. The number of nitrogens with zero attached hydrogens (tertiary/aromatic N) is 2. The highest BCUT2D eigenvalue weighted by Crippen LogP contribution is 2.05. The second-order valence-electron chi connectivity index (χ2n) is 2.86. The molecule has 12 heavy (non-hydrogen) atoms. The molecule has 0 N–H and O–H groups in total. The quantitative estimate of drug-likeness (QED) is 0.632. The molecule has 0 aliphatic rings. The molecule has 0 radical (unpaired) electrons. The first kappa shape index (κ1) is 10.9. The molecule has 0 aliphatic heterocycles. The lowest BCUT2D eigenvalue weighted by Crippen LogP contribution is -2.12. The summed E-state index contributed by atoms with van der Waals surface area (Å²) >= 11 is 0. The van der Waals surface area contributed by atoms with E-state index >= 15 is 0 Å². The molecular weight excluding hydrogens is 152 g/mol. The standard InChI is InChI=1S/C8H12N2O.CH4/c1-6(2)8(11)7-4-5-9-10(7)3;/h4-6H,1-3H3;1H4. The molecule has 3 heteroatoms. The fraction of sp³-hybridized carbons (Fsp3) is 0.556. The van der Waals surface area contributed by atoms with E-state index in [0.717, 1.165) is 0 Å². The van der Waals surface area contributed by atoms with Gasteiger partial charge in [-0.05, 0) is 6.07 Å².